The molecule has 24 heavy (non-hydrogen) atoms. The molecule has 4 aliphatic carbocycles. The van der Waals surface area contributed by atoms with Gasteiger partial charge >= 0.3 is 0 Å². The highest BCUT2D eigenvalue weighted by molar-refractivity contribution is 6.01. The van der Waals surface area contributed by atoms with E-state index in [0.29, 0.717) is 6.42 Å². The molecule has 6 atom stereocenters. The molecule has 0 saturated heterocycles. The Balaban J connectivity index is 1.79. The number of aliphatic hydroxyl groups is 1. The van der Waals surface area contributed by atoms with Gasteiger partial charge in [0.25, 0.3) is 0 Å². The number of Topliss-reactive ketones (excluding diaryl/α,β-unsaturated/α-hetero) is 1. The van der Waals surface area contributed by atoms with Crippen molar-refractivity contribution in [3.63, 3.8) is 0 Å². The minimum atomic E-state index is -1.40. The number of carbonyl (C=O) groups is 2. The molecule has 1 N–H and O–H groups in total. The first-order valence-corrected chi connectivity index (χ1v) is 8.86. The van der Waals surface area contributed by atoms with Crippen LogP contribution in [0.2, 0.25) is 0 Å². The predicted octanol–water partition coefficient (Wildman–Crippen LogP) is 2.73. The minimum absolute atomic E-state index is 0.00810. The molecule has 0 spiro atoms. The van der Waals surface area contributed by atoms with Gasteiger partial charge in [-0.2, -0.15) is 5.26 Å². The summed E-state index contributed by atoms with van der Waals surface area (Å²) in [6, 6.07) is 2.10. The number of hydrogen-bond donors (Lipinski definition) is 1. The van der Waals surface area contributed by atoms with Gasteiger partial charge in [0.05, 0.1) is 6.07 Å². The van der Waals surface area contributed by atoms with Crippen LogP contribution in [0.25, 0.3) is 0 Å². The number of carbonyl (C=O) groups excluding carboxylic acids is 2. The quantitative estimate of drug-likeness (QED) is 0.695. The van der Waals surface area contributed by atoms with E-state index in [1.807, 2.05) is 13.0 Å². The summed E-state index contributed by atoms with van der Waals surface area (Å²) in [6.45, 7) is 4.00. The zero-order valence-electron chi connectivity index (χ0n) is 14.2. The number of fused-ring (bicyclic) bond motifs is 5. The van der Waals surface area contributed by atoms with Gasteiger partial charge in [-0.05, 0) is 49.7 Å². The normalized spacial score (nSPS) is 49.8. The van der Waals surface area contributed by atoms with Crippen LogP contribution in [-0.2, 0) is 9.59 Å². The second-order valence-electron chi connectivity index (χ2n) is 8.55. The first-order valence-electron chi connectivity index (χ1n) is 8.86. The van der Waals surface area contributed by atoms with E-state index < -0.39 is 11.0 Å². The molecule has 0 heterocycles. The van der Waals surface area contributed by atoms with Crippen LogP contribution in [0.3, 0.4) is 0 Å². The average molecular weight is 325 g/mol. The first-order chi connectivity index (χ1) is 11.2. The number of ketones is 2. The molecule has 0 aromatic rings. The van der Waals surface area contributed by atoms with Gasteiger partial charge in [-0.25, -0.2) is 0 Å². The van der Waals surface area contributed by atoms with Crippen LogP contribution in [0, 0.1) is 39.9 Å². The van der Waals surface area contributed by atoms with E-state index in [9.17, 15) is 20.0 Å². The Morgan fingerprint density at radius 3 is 2.75 bits per heavy atom. The maximum absolute atomic E-state index is 13.2. The Labute approximate surface area is 142 Å². The zero-order chi connectivity index (χ0) is 17.3. The van der Waals surface area contributed by atoms with Crippen LogP contribution < -0.4 is 0 Å². The van der Waals surface area contributed by atoms with Crippen LogP contribution in [0.5, 0.6) is 0 Å². The van der Waals surface area contributed by atoms with Crippen LogP contribution in [0.4, 0.5) is 0 Å². The summed E-state index contributed by atoms with van der Waals surface area (Å²) in [7, 11) is 0. The van der Waals surface area contributed by atoms with E-state index in [2.05, 4.69) is 13.0 Å². The smallest absolute Gasteiger partial charge is 0.178 e. The van der Waals surface area contributed by atoms with E-state index >= 15 is 0 Å². The summed E-state index contributed by atoms with van der Waals surface area (Å²) < 4.78 is 0. The average Bonchev–Trinajstić information content (AvgIpc) is 2.79. The highest BCUT2D eigenvalue weighted by Gasteiger charge is 2.66. The van der Waals surface area contributed by atoms with Gasteiger partial charge in [0.15, 0.2) is 11.4 Å². The highest BCUT2D eigenvalue weighted by Crippen LogP contribution is 2.65. The predicted molar refractivity (Wildman–Crippen MR) is 87.6 cm³/mol. The second-order valence-corrected chi connectivity index (χ2v) is 8.55. The van der Waals surface area contributed by atoms with Gasteiger partial charge in [-0.3, -0.25) is 9.59 Å². The number of allylic oxidation sites excluding steroid dienone is 4. The molecule has 0 bridgehead atoms. The summed E-state index contributed by atoms with van der Waals surface area (Å²) in [5.41, 5.74) is -1.36. The van der Waals surface area contributed by atoms with Crippen molar-refractivity contribution in [1.82, 2.24) is 0 Å². The first kappa shape index (κ1) is 15.8. The van der Waals surface area contributed by atoms with Crippen molar-refractivity contribution in [1.29, 1.82) is 5.26 Å². The molecule has 0 unspecified atom stereocenters. The lowest BCUT2D eigenvalue weighted by atomic mass is 9.47. The third kappa shape index (κ3) is 1.71. The van der Waals surface area contributed by atoms with Crippen LogP contribution in [0.1, 0.15) is 46.0 Å². The SMILES string of the molecule is C[C@]12C=CC(=O)C=C1CC[C@@H]1[C@@H]2C(=O)C[C@@]2(C)[C@H]1CC[C@]2(O)C#N. The van der Waals surface area contributed by atoms with Crippen LogP contribution in [0.15, 0.2) is 23.8 Å². The van der Waals surface area contributed by atoms with Crippen molar-refractivity contribution in [3.05, 3.63) is 23.8 Å². The van der Waals surface area contributed by atoms with Crippen molar-refractivity contribution in [3.8, 4) is 6.07 Å². The molecule has 126 valence electrons. The molecule has 4 aliphatic rings. The molecule has 4 nitrogen and oxygen atoms in total. The van der Waals surface area contributed by atoms with Gasteiger partial charge in [0.1, 0.15) is 5.78 Å². The van der Waals surface area contributed by atoms with Crippen LogP contribution in [-0.4, -0.2) is 22.3 Å². The third-order valence-electron chi connectivity index (χ3n) is 7.59. The zero-order valence-corrected chi connectivity index (χ0v) is 14.2. The van der Waals surface area contributed by atoms with Gasteiger partial charge in [0, 0.05) is 23.2 Å². The van der Waals surface area contributed by atoms with E-state index in [0.717, 1.165) is 24.8 Å². The van der Waals surface area contributed by atoms with Crippen LogP contribution >= 0.6 is 0 Å². The molecule has 0 amide bonds. The molecule has 3 fully saturated rings. The standard InChI is InChI=1S/C20H23NO3/c1-18-7-5-13(22)9-12(18)3-4-14-15-6-8-20(24,11-21)19(15,2)10-16(23)17(14)18/h5,7,9,14-15,17,24H,3-4,6,8,10H2,1-2H3/t14-,15-,17+,18-,19-,20-/m0/s1. The molecule has 0 radical (unpaired) electrons. The Kier molecular flexibility index (Phi) is 3.07. The molecule has 3 saturated carbocycles. The minimum Gasteiger partial charge on any atom is -0.375 e. The van der Waals surface area contributed by atoms with E-state index in [1.54, 1.807) is 12.2 Å². The Hall–Kier alpha value is -1.73. The van der Waals surface area contributed by atoms with Gasteiger partial charge in [0.2, 0.25) is 0 Å². The fourth-order valence-electron chi connectivity index (χ4n) is 6.22. The summed E-state index contributed by atoms with van der Waals surface area (Å²) in [5, 5.41) is 20.3. The number of hydrogen-bond acceptors (Lipinski definition) is 4. The van der Waals surface area contributed by atoms with Crippen molar-refractivity contribution in [2.45, 2.75) is 51.6 Å². The molecule has 0 aromatic carbocycles. The molecular formula is C20H23NO3. The lowest BCUT2D eigenvalue weighted by molar-refractivity contribution is -0.150. The summed E-state index contributed by atoms with van der Waals surface area (Å²) >= 11 is 0. The lowest BCUT2D eigenvalue weighted by Crippen LogP contribution is -2.57. The number of nitrogens with zero attached hydrogens (tertiary/aromatic N) is 1. The fraction of sp³-hybridized carbons (Fsp3) is 0.650. The number of nitriles is 1. The monoisotopic (exact) mass is 325 g/mol. The molecule has 4 rings (SSSR count). The summed E-state index contributed by atoms with van der Waals surface area (Å²) in [4.78, 5) is 24.9. The van der Waals surface area contributed by atoms with E-state index in [-0.39, 0.29) is 41.2 Å². The largest absolute Gasteiger partial charge is 0.375 e. The van der Waals surface area contributed by atoms with E-state index in [4.69, 9.17) is 0 Å². The van der Waals surface area contributed by atoms with E-state index in [1.165, 1.54) is 0 Å². The maximum atomic E-state index is 13.2. The Morgan fingerprint density at radius 2 is 2.04 bits per heavy atom. The second kappa shape index (κ2) is 4.67. The van der Waals surface area contributed by atoms with Crippen molar-refractivity contribution in [2.24, 2.45) is 28.6 Å². The highest BCUT2D eigenvalue weighted by atomic mass is 16.3. The van der Waals surface area contributed by atoms with Gasteiger partial charge in [-0.15, -0.1) is 0 Å². The topological polar surface area (TPSA) is 78.2 Å². The third-order valence-corrected chi connectivity index (χ3v) is 7.59. The molecular weight excluding hydrogens is 302 g/mol. The maximum Gasteiger partial charge on any atom is 0.178 e. The summed E-state index contributed by atoms with van der Waals surface area (Å²) in [6.07, 6.45) is 8.41. The summed E-state index contributed by atoms with van der Waals surface area (Å²) in [5.74, 6) is 0.379. The Morgan fingerprint density at radius 1 is 1.29 bits per heavy atom. The van der Waals surface area contributed by atoms with Gasteiger partial charge < -0.3 is 5.11 Å². The molecule has 0 aromatic heterocycles. The Bertz CT molecular complexity index is 744. The lowest BCUT2D eigenvalue weighted by Gasteiger charge is -2.56. The van der Waals surface area contributed by atoms with Crippen molar-refractivity contribution in [2.75, 3.05) is 0 Å². The molecule has 4 heteroatoms. The fourth-order valence-corrected chi connectivity index (χ4v) is 6.22. The number of rotatable bonds is 0. The van der Waals surface area contributed by atoms with Crippen molar-refractivity contribution >= 4 is 11.6 Å². The molecule has 0 aliphatic heterocycles. The van der Waals surface area contributed by atoms with Crippen molar-refractivity contribution < 1.29 is 14.7 Å². The van der Waals surface area contributed by atoms with Gasteiger partial charge in [-0.1, -0.05) is 25.5 Å².